The van der Waals surface area contributed by atoms with Crippen LogP contribution in [0.2, 0.25) is 0 Å². The lowest BCUT2D eigenvalue weighted by Crippen LogP contribution is -1.96. The summed E-state index contributed by atoms with van der Waals surface area (Å²) in [7, 11) is 0. The zero-order chi connectivity index (χ0) is 41.2. The first-order valence-electron chi connectivity index (χ1n) is 21.0. The van der Waals surface area contributed by atoms with E-state index in [1.807, 2.05) is 12.1 Å². The number of rotatable bonds is 8. The molecule has 0 fully saturated rings. The highest BCUT2D eigenvalue weighted by Gasteiger charge is 2.15. The highest BCUT2D eigenvalue weighted by Crippen LogP contribution is 2.37. The Labute approximate surface area is 361 Å². The smallest absolute Gasteiger partial charge is 0.160 e. The predicted octanol–water partition coefficient (Wildman–Crippen LogP) is 15.5. The maximum atomic E-state index is 5.30. The molecule has 0 bridgehead atoms. The van der Waals surface area contributed by atoms with E-state index in [-0.39, 0.29) is 0 Å². The fourth-order valence-corrected chi connectivity index (χ4v) is 8.35. The molecule has 0 radical (unpaired) electrons. The first-order chi connectivity index (χ1) is 30.7. The molecule has 11 rings (SSSR count). The molecular weight excluding hydrogens is 751 g/mol. The van der Waals surface area contributed by atoms with Gasteiger partial charge >= 0.3 is 0 Å². The first-order valence-corrected chi connectivity index (χ1v) is 21.0. The van der Waals surface area contributed by atoms with E-state index in [1.54, 1.807) is 0 Å². The Morgan fingerprint density at radius 3 is 1.08 bits per heavy atom. The molecule has 3 nitrogen and oxygen atoms in total. The normalized spacial score (nSPS) is 11.2. The standard InChI is InChI=1S/C59H39N3/c1-4-12-40(13-5-1)42-20-28-47(29-21-42)56-39-57(62-59(61-56)50-34-26-43(27-35-50)41-14-6-2-7-15-41)48-30-22-44(23-31-48)45-24-32-49(33-25-45)58-54(46-16-8-3-9-17-46)37-53-36-51-18-10-11-19-52(51)38-55(53)60-58/h1-39H. The summed E-state index contributed by atoms with van der Waals surface area (Å²) in [5, 5.41) is 3.54. The molecule has 2 heterocycles. The van der Waals surface area contributed by atoms with Gasteiger partial charge in [-0.15, -0.1) is 0 Å². The summed E-state index contributed by atoms with van der Waals surface area (Å²) in [5.41, 5.74) is 17.0. The molecule has 2 aromatic heterocycles. The number of nitrogens with zero attached hydrogens (tertiary/aromatic N) is 3. The Bertz CT molecular complexity index is 3230. The van der Waals surface area contributed by atoms with Crippen molar-refractivity contribution in [1.82, 2.24) is 15.0 Å². The second-order valence-corrected chi connectivity index (χ2v) is 15.6. The minimum Gasteiger partial charge on any atom is -0.247 e. The lowest BCUT2D eigenvalue weighted by Gasteiger charge is -2.13. The van der Waals surface area contributed by atoms with Crippen LogP contribution in [0.1, 0.15) is 0 Å². The third kappa shape index (κ3) is 7.33. The van der Waals surface area contributed by atoms with Crippen molar-refractivity contribution in [2.75, 3.05) is 0 Å². The van der Waals surface area contributed by atoms with Gasteiger partial charge in [-0.05, 0) is 74.0 Å². The lowest BCUT2D eigenvalue weighted by molar-refractivity contribution is 1.18. The molecular formula is C59H39N3. The molecule has 0 aliphatic rings. The van der Waals surface area contributed by atoms with E-state index in [9.17, 15) is 0 Å². The topological polar surface area (TPSA) is 38.7 Å². The summed E-state index contributed by atoms with van der Waals surface area (Å²) in [4.78, 5) is 15.6. The maximum Gasteiger partial charge on any atom is 0.160 e. The van der Waals surface area contributed by atoms with Crippen molar-refractivity contribution in [3.63, 3.8) is 0 Å². The summed E-state index contributed by atoms with van der Waals surface area (Å²) in [6, 6.07) is 83.5. The quantitative estimate of drug-likeness (QED) is 0.144. The van der Waals surface area contributed by atoms with Gasteiger partial charge in [0.1, 0.15) is 0 Å². The van der Waals surface area contributed by atoms with Crippen molar-refractivity contribution >= 4 is 21.7 Å². The van der Waals surface area contributed by atoms with Gasteiger partial charge in [0.15, 0.2) is 5.82 Å². The molecule has 11 aromatic rings. The fraction of sp³-hybridized carbons (Fsp3) is 0. The van der Waals surface area contributed by atoms with Gasteiger partial charge in [-0.25, -0.2) is 15.0 Å². The van der Waals surface area contributed by atoms with Crippen molar-refractivity contribution in [3.8, 4) is 89.7 Å². The highest BCUT2D eigenvalue weighted by atomic mass is 14.9. The van der Waals surface area contributed by atoms with E-state index in [4.69, 9.17) is 15.0 Å². The third-order valence-corrected chi connectivity index (χ3v) is 11.7. The Hall–Kier alpha value is -8.27. The molecule has 3 heteroatoms. The molecule has 0 saturated carbocycles. The number of pyridine rings is 1. The number of aromatic nitrogens is 3. The van der Waals surface area contributed by atoms with Gasteiger partial charge in [-0.1, -0.05) is 212 Å². The van der Waals surface area contributed by atoms with Crippen LogP contribution in [-0.2, 0) is 0 Å². The van der Waals surface area contributed by atoms with Gasteiger partial charge < -0.3 is 0 Å². The largest absolute Gasteiger partial charge is 0.247 e. The van der Waals surface area contributed by atoms with Crippen LogP contribution in [0.5, 0.6) is 0 Å². The fourth-order valence-electron chi connectivity index (χ4n) is 8.35. The van der Waals surface area contributed by atoms with E-state index >= 15 is 0 Å². The lowest BCUT2D eigenvalue weighted by atomic mass is 9.95. The van der Waals surface area contributed by atoms with Crippen LogP contribution in [-0.4, -0.2) is 15.0 Å². The minimum absolute atomic E-state index is 0.689. The Kier molecular flexibility index (Phi) is 9.53. The van der Waals surface area contributed by atoms with Crippen LogP contribution < -0.4 is 0 Å². The molecule has 0 amide bonds. The molecule has 0 aliphatic carbocycles. The van der Waals surface area contributed by atoms with Gasteiger partial charge in [0.05, 0.1) is 22.6 Å². The molecule has 0 N–H and O–H groups in total. The molecule has 0 spiro atoms. The maximum absolute atomic E-state index is 5.30. The number of benzene rings is 9. The zero-order valence-corrected chi connectivity index (χ0v) is 33.9. The van der Waals surface area contributed by atoms with Crippen LogP contribution in [0.25, 0.3) is 111 Å². The summed E-state index contributed by atoms with van der Waals surface area (Å²) in [5.74, 6) is 0.689. The van der Waals surface area contributed by atoms with Crippen LogP contribution in [0.15, 0.2) is 237 Å². The Morgan fingerprint density at radius 2 is 0.597 bits per heavy atom. The molecule has 290 valence electrons. The molecule has 9 aromatic carbocycles. The van der Waals surface area contributed by atoms with Crippen molar-refractivity contribution in [2.24, 2.45) is 0 Å². The van der Waals surface area contributed by atoms with Crippen molar-refractivity contribution in [3.05, 3.63) is 237 Å². The first kappa shape index (κ1) is 36.8. The van der Waals surface area contributed by atoms with Gasteiger partial charge in [0, 0.05) is 33.2 Å². The second-order valence-electron chi connectivity index (χ2n) is 15.6. The number of hydrogen-bond acceptors (Lipinski definition) is 3. The molecule has 0 atom stereocenters. The van der Waals surface area contributed by atoms with Gasteiger partial charge in [-0.2, -0.15) is 0 Å². The van der Waals surface area contributed by atoms with Gasteiger partial charge in [0.25, 0.3) is 0 Å². The number of fused-ring (bicyclic) bond motifs is 2. The third-order valence-electron chi connectivity index (χ3n) is 11.7. The van der Waals surface area contributed by atoms with E-state index < -0.39 is 0 Å². The zero-order valence-electron chi connectivity index (χ0n) is 33.9. The molecule has 0 unspecified atom stereocenters. The predicted molar refractivity (Wildman–Crippen MR) is 258 cm³/mol. The summed E-state index contributed by atoms with van der Waals surface area (Å²) in [6.45, 7) is 0. The Morgan fingerprint density at radius 1 is 0.226 bits per heavy atom. The summed E-state index contributed by atoms with van der Waals surface area (Å²) < 4.78 is 0. The minimum atomic E-state index is 0.689. The van der Waals surface area contributed by atoms with Crippen molar-refractivity contribution in [2.45, 2.75) is 0 Å². The average Bonchev–Trinajstić information content (AvgIpc) is 3.36. The van der Waals surface area contributed by atoms with E-state index in [0.29, 0.717) is 5.82 Å². The monoisotopic (exact) mass is 789 g/mol. The second kappa shape index (κ2) is 16.1. The Balaban J connectivity index is 0.930. The molecule has 0 saturated heterocycles. The van der Waals surface area contributed by atoms with Crippen molar-refractivity contribution < 1.29 is 0 Å². The summed E-state index contributed by atoms with van der Waals surface area (Å²) >= 11 is 0. The van der Waals surface area contributed by atoms with Crippen LogP contribution >= 0.6 is 0 Å². The van der Waals surface area contributed by atoms with Crippen LogP contribution in [0.4, 0.5) is 0 Å². The number of hydrogen-bond donors (Lipinski definition) is 0. The van der Waals surface area contributed by atoms with Crippen LogP contribution in [0, 0.1) is 0 Å². The molecule has 62 heavy (non-hydrogen) atoms. The van der Waals surface area contributed by atoms with E-state index in [1.165, 1.54) is 27.5 Å². The molecule has 0 aliphatic heterocycles. The van der Waals surface area contributed by atoms with Crippen molar-refractivity contribution in [1.29, 1.82) is 0 Å². The van der Waals surface area contributed by atoms with E-state index in [2.05, 4.69) is 224 Å². The average molecular weight is 790 g/mol. The van der Waals surface area contributed by atoms with Gasteiger partial charge in [0.2, 0.25) is 0 Å². The van der Waals surface area contributed by atoms with Crippen LogP contribution in [0.3, 0.4) is 0 Å². The van der Waals surface area contributed by atoms with E-state index in [0.717, 1.165) is 78.1 Å². The highest BCUT2D eigenvalue weighted by molar-refractivity contribution is 6.00. The summed E-state index contributed by atoms with van der Waals surface area (Å²) in [6.07, 6.45) is 0. The SMILES string of the molecule is c1ccc(-c2ccc(-c3cc(-c4ccc(-c5ccc(-c6nc7cc8ccccc8cc7cc6-c6ccccc6)cc5)cc4)nc(-c4ccc(-c5ccccc5)cc4)n3)cc2)cc1. The van der Waals surface area contributed by atoms with Gasteiger partial charge in [-0.3, -0.25) is 0 Å².